The minimum atomic E-state index is 1.32. The molecule has 0 amide bonds. The van der Waals surface area contributed by atoms with Gasteiger partial charge in [0.25, 0.3) is 0 Å². The molecule has 0 N–H and O–H groups in total. The Morgan fingerprint density at radius 2 is 0.969 bits per heavy atom. The molecule has 0 radical (unpaired) electrons. The van der Waals surface area contributed by atoms with Crippen LogP contribution in [0.15, 0.2) is 97.1 Å². The molecular weight excluding hydrogens is 384 g/mol. The van der Waals surface area contributed by atoms with Crippen molar-refractivity contribution in [1.29, 1.82) is 0 Å². The summed E-state index contributed by atoms with van der Waals surface area (Å²) in [5, 5.41) is 10.8. The van der Waals surface area contributed by atoms with Crippen LogP contribution < -0.4 is 0 Å². The van der Waals surface area contributed by atoms with Gasteiger partial charge in [0, 0.05) is 0 Å². The highest BCUT2D eigenvalue weighted by Gasteiger charge is 2.04. The van der Waals surface area contributed by atoms with E-state index in [4.69, 9.17) is 0 Å². The number of hydrogen-bond donors (Lipinski definition) is 0. The van der Waals surface area contributed by atoms with Crippen molar-refractivity contribution in [2.24, 2.45) is 0 Å². The lowest BCUT2D eigenvalue weighted by molar-refractivity contribution is 1.38. The molecule has 0 aliphatic heterocycles. The summed E-state index contributed by atoms with van der Waals surface area (Å²) < 4.78 is 0. The molecule has 0 aliphatic rings. The van der Waals surface area contributed by atoms with Crippen LogP contribution in [-0.4, -0.2) is 0 Å². The molecule has 32 heavy (non-hydrogen) atoms. The van der Waals surface area contributed by atoms with Gasteiger partial charge in [-0.2, -0.15) is 0 Å². The van der Waals surface area contributed by atoms with Crippen LogP contribution in [-0.2, 0) is 0 Å². The third kappa shape index (κ3) is 3.52. The van der Waals surface area contributed by atoms with Crippen LogP contribution in [0.2, 0.25) is 0 Å². The van der Waals surface area contributed by atoms with Crippen LogP contribution in [0.4, 0.5) is 0 Å². The number of rotatable bonds is 0. The highest BCUT2D eigenvalue weighted by molar-refractivity contribution is 6.09. The molecule has 0 fully saturated rings. The fraction of sp³-hybridized carbons (Fsp3) is 0.125. The van der Waals surface area contributed by atoms with Crippen LogP contribution in [0.3, 0.4) is 0 Å². The quantitative estimate of drug-likeness (QED) is 0.218. The second kappa shape index (κ2) is 8.13. The molecule has 0 unspecified atom stereocenters. The smallest absolute Gasteiger partial charge is 0.0103 e. The first-order valence-electron chi connectivity index (χ1n) is 11.3. The lowest BCUT2D eigenvalue weighted by atomic mass is 9.96. The third-order valence-corrected chi connectivity index (χ3v) is 6.69. The van der Waals surface area contributed by atoms with Gasteiger partial charge >= 0.3 is 0 Å². The number of aryl methyl sites for hydroxylation is 4. The molecule has 0 aliphatic carbocycles. The van der Waals surface area contributed by atoms with Crippen molar-refractivity contribution in [1.82, 2.24) is 0 Å². The lowest BCUT2D eigenvalue weighted by Crippen LogP contribution is -1.84. The Morgan fingerprint density at radius 3 is 1.78 bits per heavy atom. The molecule has 0 heteroatoms. The van der Waals surface area contributed by atoms with Crippen LogP contribution >= 0.6 is 0 Å². The Morgan fingerprint density at radius 1 is 0.375 bits per heavy atom. The Balaban J connectivity index is 0.000000135. The normalized spacial score (nSPS) is 11.1. The van der Waals surface area contributed by atoms with E-state index in [-0.39, 0.29) is 0 Å². The Hall–Kier alpha value is -3.64. The molecule has 6 aromatic rings. The third-order valence-electron chi connectivity index (χ3n) is 6.69. The van der Waals surface area contributed by atoms with Crippen molar-refractivity contribution in [2.75, 3.05) is 0 Å². The van der Waals surface area contributed by atoms with E-state index in [9.17, 15) is 0 Å². The molecule has 0 spiro atoms. The summed E-state index contributed by atoms with van der Waals surface area (Å²) in [6, 6.07) is 35.0. The van der Waals surface area contributed by atoms with Crippen molar-refractivity contribution in [3.8, 4) is 0 Å². The Bertz CT molecular complexity index is 1600. The van der Waals surface area contributed by atoms with Crippen LogP contribution in [0.5, 0.6) is 0 Å². The second-order valence-corrected chi connectivity index (χ2v) is 8.85. The highest BCUT2D eigenvalue weighted by atomic mass is 14.1. The van der Waals surface area contributed by atoms with E-state index in [0.29, 0.717) is 0 Å². The standard InChI is InChI=1S/2C16H14/c1-11-7-9-16-14(12(11)2)10-8-13-5-3-4-6-15(13)16;1-11-7-8-15-13(9-11)10-12(2)14-5-3-4-6-16(14)15/h2*3-10H,1-2H3. The molecular formula is C32H28. The topological polar surface area (TPSA) is 0 Å². The fourth-order valence-electron chi connectivity index (χ4n) is 4.77. The van der Waals surface area contributed by atoms with E-state index < -0.39 is 0 Å². The lowest BCUT2D eigenvalue weighted by Gasteiger charge is -2.08. The predicted molar refractivity (Wildman–Crippen MR) is 142 cm³/mol. The van der Waals surface area contributed by atoms with Gasteiger partial charge in [-0.05, 0) is 87.5 Å². The van der Waals surface area contributed by atoms with E-state index in [1.54, 1.807) is 0 Å². The molecule has 6 rings (SSSR count). The van der Waals surface area contributed by atoms with E-state index in [1.165, 1.54) is 65.3 Å². The monoisotopic (exact) mass is 412 g/mol. The van der Waals surface area contributed by atoms with Crippen molar-refractivity contribution < 1.29 is 0 Å². The number of hydrogen-bond acceptors (Lipinski definition) is 0. The first-order chi connectivity index (χ1) is 15.5. The predicted octanol–water partition coefficient (Wildman–Crippen LogP) is 9.22. The molecule has 0 bridgehead atoms. The average molecular weight is 413 g/mol. The van der Waals surface area contributed by atoms with E-state index in [0.717, 1.165) is 0 Å². The van der Waals surface area contributed by atoms with Gasteiger partial charge in [-0.1, -0.05) is 103 Å². The van der Waals surface area contributed by atoms with Gasteiger partial charge in [-0.3, -0.25) is 0 Å². The Labute approximate surface area is 190 Å². The molecule has 0 heterocycles. The largest absolute Gasteiger partial charge is 0.0616 e. The van der Waals surface area contributed by atoms with Gasteiger partial charge in [0.05, 0.1) is 0 Å². The summed E-state index contributed by atoms with van der Waals surface area (Å²) in [6.07, 6.45) is 0. The zero-order valence-corrected chi connectivity index (χ0v) is 19.2. The second-order valence-electron chi connectivity index (χ2n) is 8.85. The van der Waals surface area contributed by atoms with Crippen molar-refractivity contribution in [2.45, 2.75) is 27.7 Å². The van der Waals surface area contributed by atoms with Gasteiger partial charge in [0.15, 0.2) is 0 Å². The van der Waals surface area contributed by atoms with Crippen LogP contribution in [0.1, 0.15) is 22.3 Å². The van der Waals surface area contributed by atoms with Gasteiger partial charge in [0.1, 0.15) is 0 Å². The summed E-state index contributed by atoms with van der Waals surface area (Å²) in [6.45, 7) is 8.70. The molecule has 0 saturated heterocycles. The van der Waals surface area contributed by atoms with Gasteiger partial charge in [0.2, 0.25) is 0 Å². The molecule has 6 aromatic carbocycles. The zero-order valence-electron chi connectivity index (χ0n) is 19.2. The SMILES string of the molecule is Cc1ccc2c(c1)cc(C)c1ccccc12.Cc1ccc2c(ccc3ccccc32)c1C. The maximum Gasteiger partial charge on any atom is -0.0103 e. The average Bonchev–Trinajstić information content (AvgIpc) is 2.81. The summed E-state index contributed by atoms with van der Waals surface area (Å²) in [5.74, 6) is 0. The zero-order chi connectivity index (χ0) is 22.2. The van der Waals surface area contributed by atoms with Crippen molar-refractivity contribution in [3.63, 3.8) is 0 Å². The van der Waals surface area contributed by atoms with Gasteiger partial charge < -0.3 is 0 Å². The fourth-order valence-corrected chi connectivity index (χ4v) is 4.77. The van der Waals surface area contributed by atoms with Crippen molar-refractivity contribution >= 4 is 43.1 Å². The Kier molecular flexibility index (Phi) is 5.15. The van der Waals surface area contributed by atoms with E-state index in [1.807, 2.05) is 0 Å². The van der Waals surface area contributed by atoms with E-state index >= 15 is 0 Å². The first kappa shape index (κ1) is 20.3. The minimum absolute atomic E-state index is 1.32. The molecule has 156 valence electrons. The minimum Gasteiger partial charge on any atom is -0.0616 e. The molecule has 0 saturated carbocycles. The van der Waals surface area contributed by atoms with Crippen molar-refractivity contribution in [3.05, 3.63) is 119 Å². The number of fused-ring (bicyclic) bond motifs is 6. The first-order valence-corrected chi connectivity index (χ1v) is 11.3. The highest BCUT2D eigenvalue weighted by Crippen LogP contribution is 2.30. The molecule has 0 nitrogen and oxygen atoms in total. The summed E-state index contributed by atoms with van der Waals surface area (Å²) >= 11 is 0. The van der Waals surface area contributed by atoms with Crippen LogP contribution in [0.25, 0.3) is 43.1 Å². The maximum atomic E-state index is 2.28. The maximum absolute atomic E-state index is 2.28. The molecule has 0 aromatic heterocycles. The van der Waals surface area contributed by atoms with Crippen LogP contribution in [0, 0.1) is 27.7 Å². The summed E-state index contributed by atoms with van der Waals surface area (Å²) in [5.41, 5.74) is 5.43. The van der Waals surface area contributed by atoms with E-state index in [2.05, 4.69) is 125 Å². The van der Waals surface area contributed by atoms with Gasteiger partial charge in [-0.25, -0.2) is 0 Å². The summed E-state index contributed by atoms with van der Waals surface area (Å²) in [4.78, 5) is 0. The number of benzene rings is 6. The van der Waals surface area contributed by atoms with Gasteiger partial charge in [-0.15, -0.1) is 0 Å². The summed E-state index contributed by atoms with van der Waals surface area (Å²) in [7, 11) is 0. The molecule has 0 atom stereocenters.